The molecular weight excluding hydrogens is 272 g/mol. The fraction of sp³-hybridized carbons (Fsp3) is 0.467. The lowest BCUT2D eigenvalue weighted by Gasteiger charge is -2.08. The van der Waals surface area contributed by atoms with Gasteiger partial charge in [-0.15, -0.1) is 0 Å². The molecule has 1 fully saturated rings. The predicted octanol–water partition coefficient (Wildman–Crippen LogP) is 1.70. The number of nitrogens with zero attached hydrogens (tertiary/aromatic N) is 1. The van der Waals surface area contributed by atoms with Crippen molar-refractivity contribution < 1.29 is 8.42 Å². The van der Waals surface area contributed by atoms with Gasteiger partial charge in [-0.1, -0.05) is 18.2 Å². The lowest BCUT2D eigenvalue weighted by atomic mass is 10.1. The van der Waals surface area contributed by atoms with E-state index in [9.17, 15) is 8.42 Å². The van der Waals surface area contributed by atoms with Crippen LogP contribution in [0.15, 0.2) is 30.5 Å². The number of aromatic nitrogens is 1. The van der Waals surface area contributed by atoms with E-state index in [1.54, 1.807) is 0 Å². The molecule has 0 radical (unpaired) electrons. The van der Waals surface area contributed by atoms with E-state index in [4.69, 9.17) is 0 Å². The highest BCUT2D eigenvalue weighted by atomic mass is 32.2. The minimum atomic E-state index is -2.77. The normalized spacial score (nSPS) is 21.6. The van der Waals surface area contributed by atoms with Crippen LogP contribution in [-0.4, -0.2) is 31.0 Å². The van der Waals surface area contributed by atoms with Gasteiger partial charge in [0.2, 0.25) is 0 Å². The average molecular weight is 292 g/mol. The smallest absolute Gasteiger partial charge is 0.150 e. The average Bonchev–Trinajstić information content (AvgIpc) is 2.92. The molecule has 0 bridgehead atoms. The Hall–Kier alpha value is -1.33. The molecule has 0 spiro atoms. The third kappa shape index (κ3) is 2.74. The maximum Gasteiger partial charge on any atom is 0.150 e. The lowest BCUT2D eigenvalue weighted by molar-refractivity contribution is 0.521. The Labute approximate surface area is 119 Å². The standard InChI is InChI=1S/C15H20N2O2S/c1-17-10-13(14-4-2-3-5-15(14)17)9-16-8-12-6-7-20(18,19)11-12/h2-5,10,12,16H,6-9,11H2,1H3. The van der Waals surface area contributed by atoms with Crippen molar-refractivity contribution in [2.24, 2.45) is 13.0 Å². The van der Waals surface area contributed by atoms with Crippen molar-refractivity contribution in [1.82, 2.24) is 9.88 Å². The summed E-state index contributed by atoms with van der Waals surface area (Å²) in [6.45, 7) is 1.57. The van der Waals surface area contributed by atoms with Crippen LogP contribution in [0.2, 0.25) is 0 Å². The summed E-state index contributed by atoms with van der Waals surface area (Å²) in [6, 6.07) is 8.34. The van der Waals surface area contributed by atoms with Crippen LogP contribution in [0, 0.1) is 5.92 Å². The summed E-state index contributed by atoms with van der Waals surface area (Å²) in [5, 5.41) is 4.67. The molecule has 1 aliphatic heterocycles. The maximum atomic E-state index is 11.4. The quantitative estimate of drug-likeness (QED) is 0.933. The fourth-order valence-electron chi connectivity index (χ4n) is 3.01. The molecule has 1 aromatic carbocycles. The van der Waals surface area contributed by atoms with Gasteiger partial charge >= 0.3 is 0 Å². The van der Waals surface area contributed by atoms with Gasteiger partial charge in [0.1, 0.15) is 0 Å². The van der Waals surface area contributed by atoms with Crippen LogP contribution in [-0.2, 0) is 23.4 Å². The minimum Gasteiger partial charge on any atom is -0.350 e. The first-order valence-electron chi connectivity index (χ1n) is 6.99. The van der Waals surface area contributed by atoms with Crippen LogP contribution in [0.5, 0.6) is 0 Å². The number of para-hydroxylation sites is 1. The molecule has 3 rings (SSSR count). The van der Waals surface area contributed by atoms with Crippen LogP contribution in [0.1, 0.15) is 12.0 Å². The van der Waals surface area contributed by atoms with E-state index in [1.165, 1.54) is 16.5 Å². The summed E-state index contributed by atoms with van der Waals surface area (Å²) in [5.74, 6) is 0.971. The number of fused-ring (bicyclic) bond motifs is 1. The molecule has 2 heterocycles. The second kappa shape index (κ2) is 5.22. The minimum absolute atomic E-state index is 0.273. The second-order valence-electron chi connectivity index (χ2n) is 5.68. The van der Waals surface area contributed by atoms with Crippen molar-refractivity contribution in [2.75, 3.05) is 18.1 Å². The van der Waals surface area contributed by atoms with Crippen molar-refractivity contribution in [3.8, 4) is 0 Å². The third-order valence-corrected chi connectivity index (χ3v) is 5.89. The van der Waals surface area contributed by atoms with E-state index in [2.05, 4.69) is 41.3 Å². The second-order valence-corrected chi connectivity index (χ2v) is 7.91. The molecule has 1 aliphatic rings. The van der Waals surface area contributed by atoms with Crippen LogP contribution >= 0.6 is 0 Å². The zero-order chi connectivity index (χ0) is 14.2. The Morgan fingerprint density at radius 2 is 2.15 bits per heavy atom. The van der Waals surface area contributed by atoms with Gasteiger partial charge in [-0.2, -0.15) is 0 Å². The van der Waals surface area contributed by atoms with Gasteiger partial charge in [-0.3, -0.25) is 0 Å². The number of nitrogens with one attached hydrogen (secondary N) is 1. The summed E-state index contributed by atoms with van der Waals surface area (Å²) in [7, 11) is -0.714. The number of aryl methyl sites for hydroxylation is 1. The zero-order valence-electron chi connectivity index (χ0n) is 11.7. The van der Waals surface area contributed by atoms with E-state index in [0.717, 1.165) is 19.5 Å². The highest BCUT2D eigenvalue weighted by Gasteiger charge is 2.27. The topological polar surface area (TPSA) is 51.1 Å². The molecule has 108 valence electrons. The van der Waals surface area contributed by atoms with Gasteiger partial charge in [0.25, 0.3) is 0 Å². The van der Waals surface area contributed by atoms with Crippen LogP contribution in [0.4, 0.5) is 0 Å². The molecule has 20 heavy (non-hydrogen) atoms. The SMILES string of the molecule is Cn1cc(CNCC2CCS(=O)(=O)C2)c2ccccc21. The Balaban J connectivity index is 1.63. The van der Waals surface area contributed by atoms with E-state index in [-0.39, 0.29) is 5.92 Å². The molecule has 0 saturated carbocycles. The van der Waals surface area contributed by atoms with Crippen molar-refractivity contribution in [3.63, 3.8) is 0 Å². The molecule has 0 aliphatic carbocycles. The number of hydrogen-bond acceptors (Lipinski definition) is 3. The molecule has 5 heteroatoms. The molecule has 1 unspecified atom stereocenters. The van der Waals surface area contributed by atoms with Crippen LogP contribution in [0.25, 0.3) is 10.9 Å². The van der Waals surface area contributed by atoms with Crippen molar-refractivity contribution in [3.05, 3.63) is 36.0 Å². The molecule has 1 atom stereocenters. The Morgan fingerprint density at radius 1 is 1.35 bits per heavy atom. The van der Waals surface area contributed by atoms with E-state index < -0.39 is 9.84 Å². The summed E-state index contributed by atoms with van der Waals surface area (Å²) in [5.41, 5.74) is 2.50. The largest absolute Gasteiger partial charge is 0.350 e. The molecular formula is C15H20N2O2S. The summed E-state index contributed by atoms with van der Waals surface area (Å²) < 4.78 is 25.0. The first-order valence-corrected chi connectivity index (χ1v) is 8.81. The van der Waals surface area contributed by atoms with Crippen molar-refractivity contribution in [2.45, 2.75) is 13.0 Å². The van der Waals surface area contributed by atoms with Gasteiger partial charge in [0.15, 0.2) is 9.84 Å². The summed E-state index contributed by atoms with van der Waals surface area (Å²) >= 11 is 0. The lowest BCUT2D eigenvalue weighted by Crippen LogP contribution is -2.23. The van der Waals surface area contributed by atoms with E-state index >= 15 is 0 Å². The van der Waals surface area contributed by atoms with E-state index in [0.29, 0.717) is 11.5 Å². The highest BCUT2D eigenvalue weighted by molar-refractivity contribution is 7.91. The van der Waals surface area contributed by atoms with Crippen molar-refractivity contribution in [1.29, 1.82) is 0 Å². The van der Waals surface area contributed by atoms with Gasteiger partial charge < -0.3 is 9.88 Å². The Kier molecular flexibility index (Phi) is 3.56. The summed E-state index contributed by atoms with van der Waals surface area (Å²) in [6.07, 6.45) is 2.94. The monoisotopic (exact) mass is 292 g/mol. The van der Waals surface area contributed by atoms with Gasteiger partial charge in [-0.05, 0) is 30.5 Å². The Bertz CT molecular complexity index is 719. The molecule has 0 amide bonds. The number of rotatable bonds is 4. The van der Waals surface area contributed by atoms with E-state index in [1.807, 2.05) is 6.07 Å². The molecule has 1 N–H and O–H groups in total. The number of hydrogen-bond donors (Lipinski definition) is 1. The maximum absolute atomic E-state index is 11.4. The molecule has 1 saturated heterocycles. The number of benzene rings is 1. The molecule has 1 aromatic heterocycles. The third-order valence-electron chi connectivity index (χ3n) is 4.05. The molecule has 2 aromatic rings. The highest BCUT2D eigenvalue weighted by Crippen LogP contribution is 2.21. The first-order chi connectivity index (χ1) is 9.55. The summed E-state index contributed by atoms with van der Waals surface area (Å²) in [4.78, 5) is 0. The molecule has 4 nitrogen and oxygen atoms in total. The van der Waals surface area contributed by atoms with Gasteiger partial charge in [-0.25, -0.2) is 8.42 Å². The predicted molar refractivity (Wildman–Crippen MR) is 81.4 cm³/mol. The Morgan fingerprint density at radius 3 is 2.90 bits per heavy atom. The van der Waals surface area contributed by atoms with Crippen LogP contribution in [0.3, 0.4) is 0 Å². The first kappa shape index (κ1) is 13.6. The number of sulfone groups is 1. The zero-order valence-corrected chi connectivity index (χ0v) is 12.5. The van der Waals surface area contributed by atoms with Gasteiger partial charge in [0, 0.05) is 30.7 Å². The van der Waals surface area contributed by atoms with Crippen molar-refractivity contribution >= 4 is 20.7 Å². The van der Waals surface area contributed by atoms with Gasteiger partial charge in [0.05, 0.1) is 11.5 Å². The fourth-order valence-corrected chi connectivity index (χ4v) is 4.87. The van der Waals surface area contributed by atoms with Crippen LogP contribution < -0.4 is 5.32 Å².